The topological polar surface area (TPSA) is 98.1 Å². The van der Waals surface area contributed by atoms with E-state index in [2.05, 4.69) is 20.7 Å². The molecule has 8 nitrogen and oxygen atoms in total. The Morgan fingerprint density at radius 2 is 2.07 bits per heavy atom. The summed E-state index contributed by atoms with van der Waals surface area (Å²) in [4.78, 5) is 27.9. The molecule has 0 bridgehead atoms. The Morgan fingerprint density at radius 3 is 2.81 bits per heavy atom. The van der Waals surface area contributed by atoms with Gasteiger partial charge in [-0.25, -0.2) is 9.67 Å². The minimum absolute atomic E-state index is 0.0137. The maximum Gasteiger partial charge on any atom is 0.262 e. The lowest BCUT2D eigenvalue weighted by Crippen LogP contribution is -2.28. The van der Waals surface area contributed by atoms with Gasteiger partial charge in [0.15, 0.2) is 6.61 Å². The van der Waals surface area contributed by atoms with Gasteiger partial charge in [0.1, 0.15) is 18.4 Å². The van der Waals surface area contributed by atoms with E-state index < -0.39 is 0 Å². The first-order valence-corrected chi connectivity index (χ1v) is 8.43. The summed E-state index contributed by atoms with van der Waals surface area (Å²) in [7, 11) is 0. The van der Waals surface area contributed by atoms with E-state index in [0.717, 1.165) is 11.3 Å². The second-order valence-electron chi connectivity index (χ2n) is 6.17. The molecular weight excluding hydrogens is 346 g/mol. The summed E-state index contributed by atoms with van der Waals surface area (Å²) in [5.74, 6) is 0.0919. The summed E-state index contributed by atoms with van der Waals surface area (Å²) < 4.78 is 6.97. The molecule has 0 radical (unpaired) electrons. The molecule has 3 aromatic rings. The normalized spacial score (nSPS) is 13.9. The first kappa shape index (κ1) is 16.8. The number of nitrogens with zero attached hydrogens (tertiary/aromatic N) is 3. The molecule has 2 N–H and O–H groups in total. The van der Waals surface area contributed by atoms with Crippen molar-refractivity contribution in [1.82, 2.24) is 20.1 Å². The summed E-state index contributed by atoms with van der Waals surface area (Å²) in [5, 5.41) is 9.75. The number of amides is 2. The largest absolute Gasteiger partial charge is 0.482 e. The molecule has 2 aromatic carbocycles. The smallest absolute Gasteiger partial charge is 0.262 e. The van der Waals surface area contributed by atoms with Crippen molar-refractivity contribution < 1.29 is 14.3 Å². The van der Waals surface area contributed by atoms with Gasteiger partial charge in [0.25, 0.3) is 11.8 Å². The Morgan fingerprint density at radius 1 is 1.26 bits per heavy atom. The van der Waals surface area contributed by atoms with Crippen molar-refractivity contribution >= 4 is 17.5 Å². The van der Waals surface area contributed by atoms with Crippen molar-refractivity contribution in [3.63, 3.8) is 0 Å². The molecule has 4 rings (SSSR count). The minimum atomic E-state index is -0.235. The highest BCUT2D eigenvalue weighted by Crippen LogP contribution is 2.28. The number of hydrogen-bond donors (Lipinski definition) is 2. The fourth-order valence-electron chi connectivity index (χ4n) is 2.84. The number of fused-ring (bicyclic) bond motifs is 1. The fraction of sp³-hybridized carbons (Fsp3) is 0.158. The molecule has 0 fully saturated rings. The lowest BCUT2D eigenvalue weighted by atomic mass is 10.1. The molecule has 0 saturated carbocycles. The van der Waals surface area contributed by atoms with Crippen LogP contribution < -0.4 is 15.4 Å². The van der Waals surface area contributed by atoms with E-state index in [-0.39, 0.29) is 24.5 Å². The average molecular weight is 363 g/mol. The van der Waals surface area contributed by atoms with Crippen LogP contribution in [0.5, 0.6) is 5.75 Å². The standard InChI is InChI=1S/C19H17N5O3/c1-12(13-2-5-15(6-3-13)24-11-20-10-21-24)22-19(26)14-4-7-17-16(8-14)23-18(25)9-27-17/h2-8,10-12H,9H2,1H3,(H,22,26)(H,23,25). The lowest BCUT2D eigenvalue weighted by Gasteiger charge is -2.19. The van der Waals surface area contributed by atoms with Crippen molar-refractivity contribution in [3.8, 4) is 11.4 Å². The van der Waals surface area contributed by atoms with Gasteiger partial charge in [0.05, 0.1) is 17.4 Å². The zero-order valence-corrected chi connectivity index (χ0v) is 14.5. The molecular formula is C19H17N5O3. The number of hydrogen-bond acceptors (Lipinski definition) is 5. The molecule has 1 aromatic heterocycles. The molecule has 1 unspecified atom stereocenters. The summed E-state index contributed by atoms with van der Waals surface area (Å²) in [6.07, 6.45) is 3.10. The van der Waals surface area contributed by atoms with Crippen LogP contribution >= 0.6 is 0 Å². The molecule has 136 valence electrons. The first-order valence-electron chi connectivity index (χ1n) is 8.43. The Balaban J connectivity index is 1.46. The summed E-state index contributed by atoms with van der Waals surface area (Å²) >= 11 is 0. The van der Waals surface area contributed by atoms with Crippen LogP contribution in [0.3, 0.4) is 0 Å². The van der Waals surface area contributed by atoms with E-state index in [1.54, 1.807) is 29.2 Å². The number of aromatic nitrogens is 3. The molecule has 27 heavy (non-hydrogen) atoms. The zero-order chi connectivity index (χ0) is 18.8. The van der Waals surface area contributed by atoms with E-state index >= 15 is 0 Å². The molecule has 2 amide bonds. The number of benzene rings is 2. The number of anilines is 1. The highest BCUT2D eigenvalue weighted by molar-refractivity contribution is 5.99. The Kier molecular flexibility index (Phi) is 4.29. The number of carbonyl (C=O) groups excluding carboxylic acids is 2. The Hall–Kier alpha value is -3.68. The van der Waals surface area contributed by atoms with Gasteiger partial charge >= 0.3 is 0 Å². The number of rotatable bonds is 4. The maximum atomic E-state index is 12.6. The van der Waals surface area contributed by atoms with Crippen LogP contribution in [0.15, 0.2) is 55.1 Å². The van der Waals surface area contributed by atoms with Crippen molar-refractivity contribution in [1.29, 1.82) is 0 Å². The SMILES string of the molecule is CC(NC(=O)c1ccc2c(c1)NC(=O)CO2)c1ccc(-n2cncn2)cc1. The first-order chi connectivity index (χ1) is 13.1. The third-order valence-corrected chi connectivity index (χ3v) is 4.30. The molecule has 0 saturated heterocycles. The van der Waals surface area contributed by atoms with Crippen LogP contribution in [0.25, 0.3) is 5.69 Å². The van der Waals surface area contributed by atoms with Gasteiger partial charge in [-0.3, -0.25) is 9.59 Å². The van der Waals surface area contributed by atoms with Gasteiger partial charge < -0.3 is 15.4 Å². The van der Waals surface area contributed by atoms with Crippen molar-refractivity contribution in [2.24, 2.45) is 0 Å². The second kappa shape index (κ2) is 6.91. The van der Waals surface area contributed by atoms with Crippen LogP contribution in [0.2, 0.25) is 0 Å². The predicted octanol–water partition coefficient (Wildman–Crippen LogP) is 2.09. The minimum Gasteiger partial charge on any atom is -0.482 e. The third-order valence-electron chi connectivity index (χ3n) is 4.30. The monoisotopic (exact) mass is 363 g/mol. The van der Waals surface area contributed by atoms with Crippen LogP contribution in [0, 0.1) is 0 Å². The summed E-state index contributed by atoms with van der Waals surface area (Å²) in [6.45, 7) is 1.89. The second-order valence-corrected chi connectivity index (χ2v) is 6.17. The predicted molar refractivity (Wildman–Crippen MR) is 97.8 cm³/mol. The number of ether oxygens (including phenoxy) is 1. The van der Waals surface area contributed by atoms with Gasteiger partial charge in [-0.15, -0.1) is 0 Å². The van der Waals surface area contributed by atoms with Crippen molar-refractivity contribution in [3.05, 3.63) is 66.2 Å². The van der Waals surface area contributed by atoms with E-state index in [0.29, 0.717) is 17.0 Å². The number of nitrogens with one attached hydrogen (secondary N) is 2. The molecule has 0 spiro atoms. The van der Waals surface area contributed by atoms with E-state index in [4.69, 9.17) is 4.74 Å². The van der Waals surface area contributed by atoms with Gasteiger partial charge in [-0.2, -0.15) is 5.10 Å². The van der Waals surface area contributed by atoms with Crippen LogP contribution in [0.4, 0.5) is 5.69 Å². The van der Waals surface area contributed by atoms with Crippen LogP contribution in [-0.2, 0) is 4.79 Å². The van der Waals surface area contributed by atoms with Gasteiger partial charge in [-0.05, 0) is 42.8 Å². The van der Waals surface area contributed by atoms with Gasteiger partial charge in [0.2, 0.25) is 0 Å². The van der Waals surface area contributed by atoms with E-state index in [1.807, 2.05) is 31.2 Å². The Bertz CT molecular complexity index is 983. The summed E-state index contributed by atoms with van der Waals surface area (Å²) in [6, 6.07) is 12.5. The lowest BCUT2D eigenvalue weighted by molar-refractivity contribution is -0.118. The average Bonchev–Trinajstić information content (AvgIpc) is 3.22. The van der Waals surface area contributed by atoms with E-state index in [1.165, 1.54) is 6.33 Å². The number of carbonyl (C=O) groups is 2. The van der Waals surface area contributed by atoms with E-state index in [9.17, 15) is 9.59 Å². The molecule has 2 heterocycles. The highest BCUT2D eigenvalue weighted by atomic mass is 16.5. The molecule has 1 aliphatic heterocycles. The van der Waals surface area contributed by atoms with Crippen LogP contribution in [0.1, 0.15) is 28.9 Å². The highest BCUT2D eigenvalue weighted by Gasteiger charge is 2.19. The van der Waals surface area contributed by atoms with Crippen molar-refractivity contribution in [2.45, 2.75) is 13.0 Å². The van der Waals surface area contributed by atoms with Crippen molar-refractivity contribution in [2.75, 3.05) is 11.9 Å². The van der Waals surface area contributed by atoms with Gasteiger partial charge in [-0.1, -0.05) is 12.1 Å². The maximum absolute atomic E-state index is 12.6. The zero-order valence-electron chi connectivity index (χ0n) is 14.5. The Labute approximate surface area is 155 Å². The fourth-order valence-corrected chi connectivity index (χ4v) is 2.84. The summed E-state index contributed by atoms with van der Waals surface area (Å²) in [5.41, 5.74) is 2.80. The quantitative estimate of drug-likeness (QED) is 0.740. The van der Waals surface area contributed by atoms with Gasteiger partial charge in [0, 0.05) is 5.56 Å². The molecule has 8 heteroatoms. The van der Waals surface area contributed by atoms with Crippen LogP contribution in [-0.4, -0.2) is 33.2 Å². The third kappa shape index (κ3) is 3.50. The molecule has 1 atom stereocenters. The molecule has 1 aliphatic rings. The molecule has 0 aliphatic carbocycles.